The van der Waals surface area contributed by atoms with E-state index in [9.17, 15) is 19.2 Å². The Balaban J connectivity index is 0.00000675. The molecule has 0 bridgehead atoms. The summed E-state index contributed by atoms with van der Waals surface area (Å²) < 4.78 is 31.9. The van der Waals surface area contributed by atoms with E-state index in [4.69, 9.17) is 28.4 Å². The molecular weight excluding hydrogens is 568 g/mol. The maximum absolute atomic E-state index is 12.6. The maximum Gasteiger partial charge on any atom is 0.343 e. The van der Waals surface area contributed by atoms with Crippen molar-refractivity contribution in [2.45, 2.75) is 27.2 Å². The highest BCUT2D eigenvalue weighted by Crippen LogP contribution is 2.26. The van der Waals surface area contributed by atoms with Crippen LogP contribution in [-0.4, -0.2) is 50.3 Å². The minimum absolute atomic E-state index is 0. The molecule has 0 aliphatic heterocycles. The van der Waals surface area contributed by atoms with Crippen molar-refractivity contribution >= 4 is 23.9 Å². The Bertz CT molecular complexity index is 1430. The Labute approximate surface area is 256 Å². The Morgan fingerprint density at radius 2 is 1.05 bits per heavy atom. The van der Waals surface area contributed by atoms with Gasteiger partial charge in [0, 0.05) is 25.0 Å². The van der Waals surface area contributed by atoms with Crippen molar-refractivity contribution in [2.24, 2.45) is 0 Å². The van der Waals surface area contributed by atoms with Gasteiger partial charge in [0.25, 0.3) is 0 Å². The molecule has 3 aromatic carbocycles. The molecule has 0 saturated carbocycles. The Morgan fingerprint density at radius 3 is 1.48 bits per heavy atom. The molecule has 3 aromatic rings. The van der Waals surface area contributed by atoms with E-state index in [0.717, 1.165) is 12.2 Å². The second-order valence-corrected chi connectivity index (χ2v) is 8.90. The molecule has 10 heteroatoms. The van der Waals surface area contributed by atoms with E-state index >= 15 is 0 Å². The van der Waals surface area contributed by atoms with Crippen molar-refractivity contribution in [1.82, 2.24) is 0 Å². The summed E-state index contributed by atoms with van der Waals surface area (Å²) in [6.07, 6.45) is 3.21. The molecule has 0 radical (unpaired) electrons. The first kappa shape index (κ1) is 34.8. The van der Waals surface area contributed by atoms with Gasteiger partial charge in [0.15, 0.2) is 0 Å². The van der Waals surface area contributed by atoms with E-state index in [-0.39, 0.29) is 26.4 Å². The van der Waals surface area contributed by atoms with Crippen molar-refractivity contribution < 1.29 is 47.6 Å². The third kappa shape index (κ3) is 11.5. The molecule has 10 nitrogen and oxygen atoms in total. The summed E-state index contributed by atoms with van der Waals surface area (Å²) in [6, 6.07) is 17.6. The maximum atomic E-state index is 12.6. The molecule has 0 amide bonds. The van der Waals surface area contributed by atoms with Crippen molar-refractivity contribution in [3.63, 3.8) is 0 Å². The van der Waals surface area contributed by atoms with E-state index in [2.05, 4.69) is 13.2 Å². The monoisotopic (exact) mass is 604 g/mol. The average molecular weight is 605 g/mol. The second-order valence-electron chi connectivity index (χ2n) is 8.90. The van der Waals surface area contributed by atoms with Crippen LogP contribution in [0.25, 0.3) is 0 Å². The molecule has 3 rings (SSSR count). The number of carbonyl (C=O) groups excluding carboxylic acids is 4. The molecule has 0 aromatic heterocycles. The molecule has 232 valence electrons. The van der Waals surface area contributed by atoms with Crippen LogP contribution >= 0.6 is 0 Å². The van der Waals surface area contributed by atoms with Gasteiger partial charge in [-0.05, 0) is 79.2 Å². The Kier molecular flexibility index (Phi) is 14.4. The summed E-state index contributed by atoms with van der Waals surface area (Å²) in [5.74, 6) is -0.371. The van der Waals surface area contributed by atoms with Gasteiger partial charge in [-0.15, -0.1) is 0 Å². The first-order valence-electron chi connectivity index (χ1n) is 13.4. The summed E-state index contributed by atoms with van der Waals surface area (Å²) in [5.41, 5.74) is 1.24. The van der Waals surface area contributed by atoms with Gasteiger partial charge in [-0.25, -0.2) is 19.2 Å². The molecule has 0 saturated heterocycles. The van der Waals surface area contributed by atoms with Gasteiger partial charge in [0.1, 0.15) is 23.0 Å². The van der Waals surface area contributed by atoms with Crippen LogP contribution in [0.15, 0.2) is 92.0 Å². The minimum atomic E-state index is -0.563. The Hall–Kier alpha value is -5.38. The summed E-state index contributed by atoms with van der Waals surface area (Å²) in [4.78, 5) is 47.3. The van der Waals surface area contributed by atoms with Crippen LogP contribution in [0.4, 0.5) is 0 Å². The zero-order chi connectivity index (χ0) is 31.0. The molecule has 0 aliphatic rings. The molecule has 44 heavy (non-hydrogen) atoms. The van der Waals surface area contributed by atoms with Gasteiger partial charge in [0.2, 0.25) is 0 Å². The quantitative estimate of drug-likeness (QED) is 0.0824. The zero-order valence-corrected chi connectivity index (χ0v) is 23.7. The van der Waals surface area contributed by atoms with E-state index < -0.39 is 23.9 Å². The van der Waals surface area contributed by atoms with Crippen LogP contribution in [0.1, 0.15) is 46.5 Å². The van der Waals surface area contributed by atoms with Gasteiger partial charge in [-0.2, -0.15) is 0 Å². The average Bonchev–Trinajstić information content (AvgIpc) is 3.02. The van der Waals surface area contributed by atoms with Crippen molar-refractivity contribution in [2.75, 3.05) is 26.4 Å². The fourth-order valence-electron chi connectivity index (χ4n) is 3.46. The van der Waals surface area contributed by atoms with Gasteiger partial charge in [0.05, 0.1) is 37.6 Å². The van der Waals surface area contributed by atoms with Crippen LogP contribution in [0.2, 0.25) is 0 Å². The lowest BCUT2D eigenvalue weighted by Crippen LogP contribution is -2.11. The second kappa shape index (κ2) is 18.2. The summed E-state index contributed by atoms with van der Waals surface area (Å²) in [5, 5.41) is 0. The highest BCUT2D eigenvalue weighted by molar-refractivity contribution is 5.92. The number of aryl methyl sites for hydroxylation is 1. The van der Waals surface area contributed by atoms with Gasteiger partial charge < -0.3 is 28.4 Å². The van der Waals surface area contributed by atoms with Crippen LogP contribution in [0.3, 0.4) is 0 Å². The van der Waals surface area contributed by atoms with E-state index in [1.165, 1.54) is 6.07 Å². The normalized spacial score (nSPS) is 9.93. The smallest absolute Gasteiger partial charge is 0.343 e. The third-order valence-electron chi connectivity index (χ3n) is 5.68. The van der Waals surface area contributed by atoms with Crippen LogP contribution < -0.4 is 18.9 Å². The largest absolute Gasteiger partial charge is 0.493 e. The predicted molar refractivity (Wildman–Crippen MR) is 163 cm³/mol. The third-order valence-corrected chi connectivity index (χ3v) is 5.68. The molecule has 0 spiro atoms. The van der Waals surface area contributed by atoms with E-state index in [0.29, 0.717) is 60.0 Å². The molecule has 0 fully saturated rings. The highest BCUT2D eigenvalue weighted by atomic mass is 16.5. The SMILES string of the molecule is C.C=CC(=O)OCCCOc1ccc(C(=O)Oc2ccc(OC(=O)c3ccc(OCCCOC(=O)C=C)cc3)c(C)c2)cc1. The summed E-state index contributed by atoms with van der Waals surface area (Å²) in [7, 11) is 0. The fourth-order valence-corrected chi connectivity index (χ4v) is 3.46. The molecule has 0 heterocycles. The zero-order valence-electron chi connectivity index (χ0n) is 23.7. The molecular formula is C34H36O10. The number of rotatable bonds is 16. The van der Waals surface area contributed by atoms with Crippen LogP contribution in [0.5, 0.6) is 23.0 Å². The Morgan fingerprint density at radius 1 is 0.614 bits per heavy atom. The number of hydrogen-bond acceptors (Lipinski definition) is 10. The lowest BCUT2D eigenvalue weighted by Gasteiger charge is -2.11. The van der Waals surface area contributed by atoms with Crippen molar-refractivity contribution in [3.05, 3.63) is 109 Å². The van der Waals surface area contributed by atoms with E-state index in [1.807, 2.05) is 0 Å². The first-order valence-corrected chi connectivity index (χ1v) is 13.4. The number of benzene rings is 3. The van der Waals surface area contributed by atoms with Crippen LogP contribution in [0, 0.1) is 6.92 Å². The van der Waals surface area contributed by atoms with Crippen LogP contribution in [-0.2, 0) is 19.1 Å². The minimum Gasteiger partial charge on any atom is -0.493 e. The van der Waals surface area contributed by atoms with Gasteiger partial charge >= 0.3 is 23.9 Å². The lowest BCUT2D eigenvalue weighted by molar-refractivity contribution is -0.138. The fraction of sp³-hybridized carbons (Fsp3) is 0.235. The summed E-state index contributed by atoms with van der Waals surface area (Å²) in [6.45, 7) is 9.49. The molecule has 0 atom stereocenters. The highest BCUT2D eigenvalue weighted by Gasteiger charge is 2.14. The van der Waals surface area contributed by atoms with Crippen molar-refractivity contribution in [1.29, 1.82) is 0 Å². The molecule has 0 unspecified atom stereocenters. The van der Waals surface area contributed by atoms with E-state index in [1.54, 1.807) is 67.6 Å². The van der Waals surface area contributed by atoms with Gasteiger partial charge in [-0.1, -0.05) is 20.6 Å². The number of esters is 4. The molecule has 0 N–H and O–H groups in total. The number of carbonyl (C=O) groups is 4. The van der Waals surface area contributed by atoms with Crippen molar-refractivity contribution in [3.8, 4) is 23.0 Å². The van der Waals surface area contributed by atoms with Gasteiger partial charge in [-0.3, -0.25) is 0 Å². The molecule has 0 aliphatic carbocycles. The topological polar surface area (TPSA) is 124 Å². The summed E-state index contributed by atoms with van der Waals surface area (Å²) >= 11 is 0. The number of hydrogen-bond donors (Lipinski definition) is 0. The first-order chi connectivity index (χ1) is 20.8. The lowest BCUT2D eigenvalue weighted by atomic mass is 10.2. The predicted octanol–water partition coefficient (Wildman–Crippen LogP) is 6.07. The number of ether oxygens (including phenoxy) is 6. The standard InChI is InChI=1S/C33H32O10.CH4/c1-4-30(34)40-20-6-18-38-26-12-8-24(9-13-26)32(36)42-28-16-17-29(23(3)22-28)43-33(37)25-10-14-27(15-11-25)39-19-7-21-41-31(35)5-2;/h4-5,8-17,22H,1-2,6-7,18-21H2,3H3;1H4.